The summed E-state index contributed by atoms with van der Waals surface area (Å²) in [6.45, 7) is 13.3. The average molecular weight is 274 g/mol. The van der Waals surface area contributed by atoms with Crippen molar-refractivity contribution in [2.45, 2.75) is 66.0 Å². The van der Waals surface area contributed by atoms with Gasteiger partial charge in [0.1, 0.15) is 5.60 Å². The van der Waals surface area contributed by atoms with Gasteiger partial charge in [0.25, 0.3) is 0 Å². The van der Waals surface area contributed by atoms with E-state index in [4.69, 9.17) is 22.7 Å². The first-order valence-corrected chi connectivity index (χ1v) is 6.47. The largest absolute Gasteiger partial charge is 0.444 e. The first-order valence-electron chi connectivity index (χ1n) is 6.06. The summed E-state index contributed by atoms with van der Waals surface area (Å²) in [5.41, 5.74) is 4.45. The van der Waals surface area contributed by atoms with Crippen molar-refractivity contribution >= 4 is 23.3 Å². The van der Waals surface area contributed by atoms with Gasteiger partial charge in [0.05, 0.1) is 4.99 Å². The van der Waals surface area contributed by atoms with Crippen LogP contribution in [-0.2, 0) is 4.74 Å². The lowest BCUT2D eigenvalue weighted by Crippen LogP contribution is -2.49. The van der Waals surface area contributed by atoms with Crippen molar-refractivity contribution in [2.75, 3.05) is 0 Å². The maximum Gasteiger partial charge on any atom is 0.408 e. The Morgan fingerprint density at radius 3 is 1.94 bits per heavy atom. The molecule has 0 rings (SSSR count). The number of hydrogen-bond acceptors (Lipinski definition) is 3. The van der Waals surface area contributed by atoms with Crippen LogP contribution in [0.5, 0.6) is 0 Å². The van der Waals surface area contributed by atoms with Crippen molar-refractivity contribution < 1.29 is 9.53 Å². The number of amides is 1. The van der Waals surface area contributed by atoms with E-state index in [1.807, 2.05) is 48.5 Å². The fourth-order valence-electron chi connectivity index (χ4n) is 1.82. The van der Waals surface area contributed by atoms with Gasteiger partial charge in [-0.1, -0.05) is 26.1 Å². The molecule has 0 saturated carbocycles. The van der Waals surface area contributed by atoms with Crippen molar-refractivity contribution in [2.24, 2.45) is 11.1 Å². The van der Waals surface area contributed by atoms with Crippen LogP contribution >= 0.6 is 12.2 Å². The zero-order valence-electron chi connectivity index (χ0n) is 12.5. The van der Waals surface area contributed by atoms with Gasteiger partial charge in [-0.25, -0.2) is 4.79 Å². The van der Waals surface area contributed by atoms with Crippen molar-refractivity contribution in [1.82, 2.24) is 5.32 Å². The number of thiocarbonyl (C=S) groups is 1. The molecule has 0 saturated heterocycles. The molecule has 0 fully saturated rings. The highest BCUT2D eigenvalue weighted by Gasteiger charge is 2.33. The van der Waals surface area contributed by atoms with E-state index in [0.717, 1.165) is 0 Å². The van der Waals surface area contributed by atoms with Crippen LogP contribution in [0.2, 0.25) is 0 Å². The van der Waals surface area contributed by atoms with Crippen molar-refractivity contribution in [3.8, 4) is 0 Å². The van der Waals surface area contributed by atoms with E-state index in [-0.39, 0.29) is 5.41 Å². The van der Waals surface area contributed by atoms with E-state index in [1.165, 1.54) is 0 Å². The summed E-state index contributed by atoms with van der Waals surface area (Å²) in [5.74, 6) is 0. The number of carbonyl (C=O) groups is 1. The molecule has 0 aromatic rings. The molecule has 0 aliphatic heterocycles. The van der Waals surface area contributed by atoms with E-state index < -0.39 is 17.2 Å². The first kappa shape index (κ1) is 17.2. The summed E-state index contributed by atoms with van der Waals surface area (Å²) in [5, 5.41) is 2.85. The lowest BCUT2D eigenvalue weighted by atomic mass is 9.80. The Kier molecular flexibility index (Phi) is 5.17. The minimum atomic E-state index is -0.501. The highest BCUT2D eigenvalue weighted by atomic mass is 32.1. The molecule has 3 N–H and O–H groups in total. The molecule has 0 aliphatic rings. The first-order chi connectivity index (χ1) is 7.75. The summed E-state index contributed by atoms with van der Waals surface area (Å²) < 4.78 is 5.23. The number of carbonyl (C=O) groups excluding carboxylic acids is 1. The van der Waals surface area contributed by atoms with Gasteiger partial charge in [-0.3, -0.25) is 0 Å². The van der Waals surface area contributed by atoms with E-state index in [2.05, 4.69) is 5.32 Å². The summed E-state index contributed by atoms with van der Waals surface area (Å²) in [4.78, 5) is 12.2. The van der Waals surface area contributed by atoms with E-state index in [1.54, 1.807) is 0 Å². The van der Waals surface area contributed by atoms with E-state index >= 15 is 0 Å². The summed E-state index contributed by atoms with van der Waals surface area (Å²) in [7, 11) is 0. The quantitative estimate of drug-likeness (QED) is 0.774. The molecular formula is C13H26N2O2S. The molecule has 0 atom stereocenters. The van der Waals surface area contributed by atoms with Crippen LogP contribution in [0.3, 0.4) is 0 Å². The van der Waals surface area contributed by atoms with E-state index in [0.29, 0.717) is 11.4 Å². The van der Waals surface area contributed by atoms with Gasteiger partial charge in [0, 0.05) is 11.0 Å². The molecule has 4 nitrogen and oxygen atoms in total. The molecule has 0 aromatic heterocycles. The molecule has 1 amide bonds. The predicted molar refractivity (Wildman–Crippen MR) is 78.6 cm³/mol. The number of nitrogens with one attached hydrogen (secondary N) is 1. The minimum absolute atomic E-state index is 0.312. The standard InChI is InChI=1S/C13H26N2O2S/c1-11(2,3)17-10(16)15-13(6,7)8-12(4,5)9(14)18/h8H2,1-7H3,(H2,14,18)(H,15,16). The van der Waals surface area contributed by atoms with Gasteiger partial charge < -0.3 is 15.8 Å². The van der Waals surface area contributed by atoms with Crippen LogP contribution in [0.1, 0.15) is 54.9 Å². The highest BCUT2D eigenvalue weighted by molar-refractivity contribution is 7.80. The second kappa shape index (κ2) is 5.43. The topological polar surface area (TPSA) is 64.3 Å². The predicted octanol–water partition coefficient (Wildman–Crippen LogP) is 2.99. The smallest absolute Gasteiger partial charge is 0.408 e. The molecule has 0 aromatic carbocycles. The van der Waals surface area contributed by atoms with Gasteiger partial charge in [-0.05, 0) is 41.0 Å². The average Bonchev–Trinajstić information content (AvgIpc) is 1.94. The van der Waals surface area contributed by atoms with Crippen LogP contribution in [0, 0.1) is 5.41 Å². The lowest BCUT2D eigenvalue weighted by Gasteiger charge is -2.35. The minimum Gasteiger partial charge on any atom is -0.444 e. The monoisotopic (exact) mass is 274 g/mol. The second-order valence-corrected chi connectivity index (χ2v) is 7.38. The number of nitrogens with two attached hydrogens (primary N) is 1. The molecular weight excluding hydrogens is 248 g/mol. The Hall–Kier alpha value is -0.840. The Morgan fingerprint density at radius 2 is 1.61 bits per heavy atom. The van der Waals surface area contributed by atoms with Crippen molar-refractivity contribution in [3.63, 3.8) is 0 Å². The number of alkyl carbamates (subject to hydrolysis) is 1. The molecule has 5 heteroatoms. The van der Waals surface area contributed by atoms with Crippen LogP contribution in [0.15, 0.2) is 0 Å². The maximum absolute atomic E-state index is 11.7. The molecule has 106 valence electrons. The van der Waals surface area contributed by atoms with E-state index in [9.17, 15) is 4.79 Å². The van der Waals surface area contributed by atoms with Gasteiger partial charge >= 0.3 is 6.09 Å². The Balaban J connectivity index is 4.58. The number of ether oxygens (including phenoxy) is 1. The number of rotatable bonds is 4. The fourth-order valence-corrected chi connectivity index (χ4v) is 1.89. The van der Waals surface area contributed by atoms with Crippen LogP contribution in [0.4, 0.5) is 4.79 Å². The Morgan fingerprint density at radius 1 is 1.17 bits per heavy atom. The molecule has 0 unspecified atom stereocenters. The highest BCUT2D eigenvalue weighted by Crippen LogP contribution is 2.28. The zero-order valence-corrected chi connectivity index (χ0v) is 13.3. The Bertz CT molecular complexity index is 330. The molecule has 0 aliphatic carbocycles. The summed E-state index contributed by atoms with van der Waals surface area (Å²) in [6, 6.07) is 0. The SMILES string of the molecule is CC(C)(CC(C)(C)C(N)=S)NC(=O)OC(C)(C)C. The molecule has 18 heavy (non-hydrogen) atoms. The van der Waals surface area contributed by atoms with Crippen molar-refractivity contribution in [3.05, 3.63) is 0 Å². The normalized spacial score (nSPS) is 13.1. The summed E-state index contributed by atoms with van der Waals surface area (Å²) >= 11 is 5.03. The zero-order chi connectivity index (χ0) is 14.8. The fraction of sp³-hybridized carbons (Fsp3) is 0.846. The molecule has 0 bridgehead atoms. The second-order valence-electron chi connectivity index (χ2n) is 6.94. The van der Waals surface area contributed by atoms with Crippen LogP contribution in [-0.4, -0.2) is 22.2 Å². The maximum atomic E-state index is 11.7. The third kappa shape index (κ3) is 6.79. The molecule has 0 radical (unpaired) electrons. The van der Waals surface area contributed by atoms with Gasteiger partial charge in [0.2, 0.25) is 0 Å². The third-order valence-corrected chi connectivity index (χ3v) is 2.94. The Labute approximate surface area is 116 Å². The van der Waals surface area contributed by atoms with Crippen LogP contribution in [0.25, 0.3) is 0 Å². The van der Waals surface area contributed by atoms with Gasteiger partial charge in [0.15, 0.2) is 0 Å². The molecule has 0 heterocycles. The summed E-state index contributed by atoms with van der Waals surface area (Å²) in [6.07, 6.45) is 0.223. The van der Waals surface area contributed by atoms with Crippen molar-refractivity contribution in [1.29, 1.82) is 0 Å². The van der Waals surface area contributed by atoms with Crippen LogP contribution < -0.4 is 11.1 Å². The third-order valence-electron chi connectivity index (χ3n) is 2.39. The lowest BCUT2D eigenvalue weighted by molar-refractivity contribution is 0.0457. The number of hydrogen-bond donors (Lipinski definition) is 2. The molecule has 0 spiro atoms. The van der Waals surface area contributed by atoms with Gasteiger partial charge in [-0.15, -0.1) is 0 Å². The van der Waals surface area contributed by atoms with Gasteiger partial charge in [-0.2, -0.15) is 0 Å².